The number of hydrogen-bond donors (Lipinski definition) is 7. The van der Waals surface area contributed by atoms with E-state index in [1.165, 1.54) is 105 Å². The van der Waals surface area contributed by atoms with Crippen molar-refractivity contribution in [1.82, 2.24) is 5.32 Å². The number of nitrogens with two attached hydrogens (primary N) is 3. The van der Waals surface area contributed by atoms with Crippen LogP contribution in [0.1, 0.15) is 89.8 Å². The molecule has 0 aliphatic carbocycles. The van der Waals surface area contributed by atoms with Gasteiger partial charge in [0.15, 0.2) is 23.6 Å². The molecule has 0 atom stereocenters. The number of ether oxygens (including phenoxy) is 1. The van der Waals surface area contributed by atoms with E-state index in [0.29, 0.717) is 90.3 Å². The van der Waals surface area contributed by atoms with Crippen LogP contribution in [0.4, 0.5) is 22.7 Å². The van der Waals surface area contributed by atoms with Crippen molar-refractivity contribution in [3.63, 3.8) is 0 Å². The molecule has 11 N–H and O–H groups in total. The minimum Gasteiger partial charge on any atom is -0.870 e. The van der Waals surface area contributed by atoms with Crippen LogP contribution >= 0.6 is 95.6 Å². The largest absolute Gasteiger partial charge is 1.00 e. The Labute approximate surface area is 683 Å². The molecule has 0 radical (unpaired) electrons. The Kier molecular flexibility index (Phi) is 47.0. The normalized spacial score (nSPS) is 9.52. The van der Waals surface area contributed by atoms with E-state index in [-0.39, 0.29) is 97.4 Å². The number of ketones is 3. The van der Waals surface area contributed by atoms with Crippen molar-refractivity contribution in [2.75, 3.05) is 53.5 Å². The number of halogens is 6. The molecule has 108 heavy (non-hydrogen) atoms. The number of benzene rings is 6. The molecule has 11 aromatic rings. The van der Waals surface area contributed by atoms with E-state index < -0.39 is 34.2 Å². The van der Waals surface area contributed by atoms with Gasteiger partial charge >= 0.3 is 44.3 Å². The number of rotatable bonds is 13. The molecule has 0 saturated carbocycles. The second-order valence-corrected chi connectivity index (χ2v) is 24.6. The van der Waals surface area contributed by atoms with E-state index in [2.05, 4.69) is 130 Å². The van der Waals surface area contributed by atoms with E-state index in [1.807, 2.05) is 18.2 Å². The van der Waals surface area contributed by atoms with E-state index in [0.717, 1.165) is 45.9 Å². The van der Waals surface area contributed by atoms with Gasteiger partial charge in [0.1, 0.15) is 70.5 Å². The number of esters is 1. The van der Waals surface area contributed by atoms with Crippen LogP contribution in [-0.4, -0.2) is 138 Å². The number of aldehydes is 1. The Hall–Kier alpha value is -9.25. The van der Waals surface area contributed by atoms with Gasteiger partial charge in [0, 0.05) is 114 Å². The summed E-state index contributed by atoms with van der Waals surface area (Å²) in [5.41, 5.74) is 29.5. The number of fused-ring (bicyclic) bond motifs is 5. The first kappa shape index (κ1) is 101. The molecule has 0 aliphatic rings. The number of nitro groups is 2. The summed E-state index contributed by atoms with van der Waals surface area (Å²) in [6, 6.07) is 22.6. The van der Waals surface area contributed by atoms with Crippen LogP contribution < -0.4 is 41.4 Å². The first-order chi connectivity index (χ1) is 49.5. The maximum absolute atomic E-state index is 11.5. The van der Waals surface area contributed by atoms with Gasteiger partial charge in [-0.05, 0) is 159 Å². The maximum Gasteiger partial charge on any atom is 1.00 e. The molecular formula is C64H61BBr6FeLiN9O26. The van der Waals surface area contributed by atoms with Crippen molar-refractivity contribution < 1.29 is 151 Å². The Balaban J connectivity index is 0. The first-order valence-corrected chi connectivity index (χ1v) is 33.4. The number of amides is 1. The molecule has 0 saturated heterocycles. The van der Waals surface area contributed by atoms with E-state index in [9.17, 15) is 53.8 Å². The predicted octanol–water partition coefficient (Wildman–Crippen LogP) is 12.4. The van der Waals surface area contributed by atoms with Crippen molar-refractivity contribution in [3.05, 3.63) is 212 Å². The second-order valence-electron chi connectivity index (χ2n) is 19.3. The smallest absolute Gasteiger partial charge is 0.870 e. The van der Waals surface area contributed by atoms with Crippen LogP contribution in [-0.2, 0) is 40.6 Å². The fourth-order valence-electron chi connectivity index (χ4n) is 7.91. The molecule has 0 aliphatic heterocycles. The van der Waals surface area contributed by atoms with Crippen LogP contribution in [0.25, 0.3) is 60.4 Å². The summed E-state index contributed by atoms with van der Waals surface area (Å²) in [6.45, 7) is 6.42. The van der Waals surface area contributed by atoms with Crippen molar-refractivity contribution in [2.24, 2.45) is 5.73 Å². The molecule has 5 aromatic heterocycles. The van der Waals surface area contributed by atoms with Gasteiger partial charge in [-0.2, -0.15) is 4.79 Å². The van der Waals surface area contributed by atoms with Gasteiger partial charge in [0.05, 0.1) is 65.3 Å². The molecule has 6 aromatic carbocycles. The quantitative estimate of drug-likeness (QED) is 0.00538. The number of furan rings is 5. The molecule has 44 heteroatoms. The monoisotopic (exact) mass is 1920 g/mol. The fourth-order valence-corrected chi connectivity index (χ4v) is 10.3. The van der Waals surface area contributed by atoms with Crippen LogP contribution in [0.5, 0.6) is 5.75 Å². The molecule has 0 fully saturated rings. The van der Waals surface area contributed by atoms with Crippen LogP contribution in [0.15, 0.2) is 165 Å². The van der Waals surface area contributed by atoms with Crippen molar-refractivity contribution >= 4 is 228 Å². The minimum atomic E-state index is -1.50. The third kappa shape index (κ3) is 30.8. The van der Waals surface area contributed by atoms with E-state index in [1.54, 1.807) is 50.4 Å². The molecule has 11 rings (SSSR count). The minimum absolute atomic E-state index is 0. The van der Waals surface area contributed by atoms with E-state index >= 15 is 0 Å². The van der Waals surface area contributed by atoms with Crippen molar-refractivity contribution in [3.8, 4) is 5.75 Å². The van der Waals surface area contributed by atoms with Gasteiger partial charge in [-0.25, -0.2) is 9.59 Å². The molecule has 0 bridgehead atoms. The number of nitrogen functional groups attached to an aromatic ring is 2. The molecule has 0 unspecified atom stereocenters. The zero-order chi connectivity index (χ0) is 79.7. The number of carboxylic acids is 1. The van der Waals surface area contributed by atoms with Crippen molar-refractivity contribution in [1.29, 1.82) is 0 Å². The third-order valence-corrected chi connectivity index (χ3v) is 16.2. The zero-order valence-corrected chi connectivity index (χ0v) is 68.4. The number of carbonyl (C=O) groups excluding carboxylic acids is 6. The van der Waals surface area contributed by atoms with Gasteiger partial charge in [-0.15, -0.1) is 10.1 Å². The van der Waals surface area contributed by atoms with Gasteiger partial charge in [0.2, 0.25) is 0 Å². The summed E-state index contributed by atoms with van der Waals surface area (Å²) in [4.78, 5) is 107. The number of nitrogens with one attached hydrogen (secondary N) is 1. The number of carboxylic acid groups (broad SMARTS) is 1. The zero-order valence-electron chi connectivity index (χ0n) is 57.8. The SMILES string of the molecule is CC(=O)c1coc2cc(N)c(Br)cc12.CC(=O)c1coc2cc([N+](=O)[O-])c(Br)cc12.CC(=O)c1coc2ccc(Br)cc12.CCOC(=O)C=[N+]=[N-].CN.CNC(=O)c1coc2cc(N)c(Br)cc12.COB(OC)OC.O=C(O)c1coc2cc([N+](=O)[O-])c(Br)cc12.O=Cc1cc(Br)ccc1O.O=[N+]([O-])O.[Fe].[Li+].[OH-]. The second kappa shape index (κ2) is 50.4. The summed E-state index contributed by atoms with van der Waals surface area (Å²) < 4.78 is 47.7. The maximum atomic E-state index is 11.5. The number of nitro benzene ring substituents is 2. The molecule has 5 heterocycles. The van der Waals surface area contributed by atoms with Gasteiger partial charge in [-0.1, -0.05) is 31.9 Å². The van der Waals surface area contributed by atoms with Gasteiger partial charge in [0.25, 0.3) is 22.4 Å². The summed E-state index contributed by atoms with van der Waals surface area (Å²) in [6.07, 6.45) is 8.06. The predicted molar refractivity (Wildman–Crippen MR) is 407 cm³/mol. The number of carbonyl (C=O) groups is 7. The molecule has 572 valence electrons. The summed E-state index contributed by atoms with van der Waals surface area (Å²) in [7, 11) is 7.10. The number of hydrogen-bond acceptors (Lipinski definition) is 27. The first-order valence-electron chi connectivity index (χ1n) is 28.6. The number of anilines is 2. The average molecular weight is 1930 g/mol. The molecule has 1 amide bonds. The third-order valence-electron chi connectivity index (χ3n) is 12.6. The summed E-state index contributed by atoms with van der Waals surface area (Å²) in [5.74, 6) is -2.06. The number of nitrogens with zero attached hydrogens (tertiary/aromatic N) is 5. The van der Waals surface area contributed by atoms with Crippen LogP contribution in [0.3, 0.4) is 0 Å². The topological polar surface area (TPSA) is 569 Å². The number of aromatic hydroxyl groups is 1. The standard InChI is InChI=1S/C10H9BrN2O2.C10H6BrNO4.C10H8BrNO2.C10H7BrO2.C9H4BrNO5.C7H5BrO2.C4H6N2O2.C3H9BO3.CH5N.Fe.Li.HNO3.H2O/c1-13-10(14)6-4-15-9-3-8(12)7(11)2-5(6)9;1-5(13)7-4-16-10-3-9(12(14)15)8(11)2-6(7)10;1-5(13)7-4-14-10-3-9(12)8(11)2-6(7)10;1-6(12)9-5-13-10-3-2-7(11)4-8(9)10;10-6-1-4-5(9(12)13)3-16-8(4)2-7(6)11(14)15;8-6-1-2-7(10)5(3-6)4-9;1-2-8-4(7)3-6-5;1-5-4(6-2)7-3;1-2;;;2-1(3)4;/h2-4H,12H2,1H3,(H,13,14);2-4H,1H3;2-4H,12H2,1H3;2-5H,1H3;1-3H,(H,12,13);1-4,10H;3H,2H2,1H3;1-3H3;2H2,1H3;;;(H,2,3,4);1H2/q;;;;;;;;;;+1;;/p-1. The number of Topliss-reactive ketones (excluding diaryl/α,β-unsaturated/α-hetero) is 3. The number of phenols is 1. The Bertz CT molecular complexity index is 4870. The average Bonchev–Trinajstić information content (AvgIpc) is 1.68. The van der Waals surface area contributed by atoms with Crippen LogP contribution in [0.2, 0.25) is 0 Å². The summed E-state index contributed by atoms with van der Waals surface area (Å²) >= 11 is 19.2. The Morgan fingerprint density at radius 3 is 1.25 bits per heavy atom. The fraction of sp³-hybridized carbons (Fsp3) is 0.156. The van der Waals surface area contributed by atoms with Crippen molar-refractivity contribution in [2.45, 2.75) is 27.7 Å². The number of phenolic OH excluding ortho intramolecular Hbond substituents is 1. The molecular weight excluding hydrogens is 1860 g/mol. The number of aromatic carboxylic acids is 1. The van der Waals surface area contributed by atoms with E-state index in [4.69, 9.17) is 64.6 Å². The molecule has 35 nitrogen and oxygen atoms in total. The molecule has 0 spiro atoms. The van der Waals surface area contributed by atoms with Gasteiger partial charge < -0.3 is 89.7 Å². The Morgan fingerprint density at radius 1 is 0.583 bits per heavy atom. The van der Waals surface area contributed by atoms with Crippen LogP contribution in [0, 0.1) is 30.3 Å². The summed E-state index contributed by atoms with van der Waals surface area (Å²) in [5, 5.41) is 58.6. The Morgan fingerprint density at radius 2 is 0.917 bits per heavy atom. The van der Waals surface area contributed by atoms with Gasteiger partial charge in [-0.3, -0.25) is 44.2 Å².